The summed E-state index contributed by atoms with van der Waals surface area (Å²) in [5, 5.41) is 77.9. The van der Waals surface area contributed by atoms with Crippen LogP contribution in [0.25, 0.3) is 0 Å². The van der Waals surface area contributed by atoms with Crippen molar-refractivity contribution in [1.29, 1.82) is 0 Å². The number of unbranched alkanes of at least 4 members (excludes halogenated alkanes) is 1. The molecule has 0 bridgehead atoms. The van der Waals surface area contributed by atoms with Gasteiger partial charge in [0.15, 0.2) is 12.6 Å². The van der Waals surface area contributed by atoms with Crippen LogP contribution in [0.5, 0.6) is 0 Å². The smallest absolute Gasteiger partial charge is 0.480 e. The standard InChI is InChI=1S/C54H92N8O26P2/c1-27(2)15-13-16-28(3)17-14-18-29(4)22-24-82-89(78,79)88-90(80,81)87-54-42(60-35(10)66)46(45(39(26-64)85-54)86-53-41(59-34(9)65)44(69)43(68)38(25-63)84-53)83-33(8)49(72)56-31(6)48(71)62-37(52(76)77)20-21-40(67)61-36(19-11-12-23-55)50(73)57-30(5)47(70)58-32(7)51(74)75/h15,17,22,30-33,36-39,41-46,53-54,63-64,68-69H,11-14,16,18-21,23-26,55H2,1-10H3,(H,56,72)(H,57,73)(H,58,70)(H,59,65)(H,60,66)(H,61,67)(H,62,71)(H,74,75)(H,76,77)(H,78,79)(H,80,81)/b28-17+,29-22+/t30-,31+,32-,33-,36+,37-,38-,39-,41-,42-,43-,44-,45-,46-,53+,54-/m1/s1. The maximum atomic E-state index is 14.0. The predicted octanol–water partition coefficient (Wildman–Crippen LogP) is -1.46. The molecule has 18 atom stereocenters. The molecule has 2 rings (SSSR count). The lowest BCUT2D eigenvalue weighted by molar-refractivity contribution is -0.331. The summed E-state index contributed by atoms with van der Waals surface area (Å²) in [5.74, 6) is -9.60. The van der Waals surface area contributed by atoms with Gasteiger partial charge in [-0.05, 0) is 113 Å². The molecule has 0 radical (unpaired) electrons. The van der Waals surface area contributed by atoms with Crippen molar-refractivity contribution in [1.82, 2.24) is 37.2 Å². The van der Waals surface area contributed by atoms with Crippen LogP contribution in [-0.4, -0.2) is 218 Å². The molecule has 0 aromatic carbocycles. The van der Waals surface area contributed by atoms with Crippen molar-refractivity contribution in [3.63, 3.8) is 0 Å². The number of phosphoric acid groups is 2. The summed E-state index contributed by atoms with van der Waals surface area (Å²) >= 11 is 0. The first-order valence-corrected chi connectivity index (χ1v) is 32.0. The summed E-state index contributed by atoms with van der Waals surface area (Å²) in [4.78, 5) is 137. The predicted molar refractivity (Wildman–Crippen MR) is 315 cm³/mol. The van der Waals surface area contributed by atoms with Crippen LogP contribution in [0.2, 0.25) is 0 Å². The average molecular weight is 1330 g/mol. The molecule has 0 aliphatic carbocycles. The number of nitrogens with one attached hydrogen (secondary N) is 7. The number of carboxylic acids is 2. The van der Waals surface area contributed by atoms with Crippen LogP contribution in [0, 0.1) is 0 Å². The first kappa shape index (κ1) is 80.4. The third kappa shape index (κ3) is 28.5. The minimum atomic E-state index is -5.91. The third-order valence-corrected chi connectivity index (χ3v) is 16.4. The van der Waals surface area contributed by atoms with E-state index in [0.717, 1.165) is 51.7 Å². The third-order valence-electron chi connectivity index (χ3n) is 13.8. The Morgan fingerprint density at radius 2 is 1.13 bits per heavy atom. The molecule has 2 aliphatic heterocycles. The van der Waals surface area contributed by atoms with E-state index in [-0.39, 0.29) is 13.0 Å². The number of aliphatic carboxylic acids is 2. The number of rotatable bonds is 39. The van der Waals surface area contributed by atoms with E-state index < -0.39 is 199 Å². The maximum absolute atomic E-state index is 14.0. The van der Waals surface area contributed by atoms with E-state index in [0.29, 0.717) is 25.7 Å². The number of carbonyl (C=O) groups excluding carboxylic acids is 7. The number of aliphatic hydroxyl groups excluding tert-OH is 4. The van der Waals surface area contributed by atoms with Crippen LogP contribution in [-0.2, 0) is 84.6 Å². The van der Waals surface area contributed by atoms with E-state index in [1.807, 2.05) is 26.8 Å². The molecule has 2 aliphatic rings. The van der Waals surface area contributed by atoms with Crippen molar-refractivity contribution in [2.75, 3.05) is 26.4 Å². The number of ether oxygens (including phenoxy) is 4. The number of hydrogen-bond donors (Lipinski definition) is 16. The Labute approximate surface area is 521 Å². The van der Waals surface area contributed by atoms with Crippen molar-refractivity contribution in [3.05, 3.63) is 34.9 Å². The summed E-state index contributed by atoms with van der Waals surface area (Å²) in [6, 6.07) is -10.9. The summed E-state index contributed by atoms with van der Waals surface area (Å²) in [5.41, 5.74) is 8.67. The zero-order valence-corrected chi connectivity index (χ0v) is 53.8. The zero-order valence-electron chi connectivity index (χ0n) is 52.1. The molecule has 2 unspecified atom stereocenters. The first-order chi connectivity index (χ1) is 42.0. The maximum Gasteiger partial charge on any atom is 0.483 e. The van der Waals surface area contributed by atoms with Gasteiger partial charge in [0.25, 0.3) is 0 Å². The lowest BCUT2D eigenvalue weighted by Crippen LogP contribution is -2.70. The van der Waals surface area contributed by atoms with Gasteiger partial charge in [-0.15, -0.1) is 0 Å². The number of phosphoric ester groups is 2. The van der Waals surface area contributed by atoms with E-state index in [4.69, 9.17) is 38.8 Å². The Bertz CT molecular complexity index is 2630. The van der Waals surface area contributed by atoms with Gasteiger partial charge in [-0.2, -0.15) is 4.31 Å². The molecular formula is C54H92N8O26P2. The van der Waals surface area contributed by atoms with Crippen molar-refractivity contribution in [2.24, 2.45) is 5.73 Å². The average Bonchev–Trinajstić information content (AvgIpc) is 0.800. The van der Waals surface area contributed by atoms with Crippen LogP contribution in [0.15, 0.2) is 34.9 Å². The van der Waals surface area contributed by atoms with Gasteiger partial charge in [-0.3, -0.25) is 47.4 Å². The van der Waals surface area contributed by atoms with Crippen molar-refractivity contribution in [3.8, 4) is 0 Å². The molecule has 0 aromatic rings. The monoisotopic (exact) mass is 1330 g/mol. The number of nitrogens with two attached hydrogens (primary N) is 1. The Morgan fingerprint density at radius 3 is 1.69 bits per heavy atom. The molecule has 7 amide bonds. The summed E-state index contributed by atoms with van der Waals surface area (Å²) < 4.78 is 65.3. The Morgan fingerprint density at radius 1 is 0.589 bits per heavy atom. The fraction of sp³-hybridized carbons (Fsp3) is 0.722. The van der Waals surface area contributed by atoms with Gasteiger partial charge in [-0.1, -0.05) is 34.9 Å². The number of aliphatic hydroxyl groups is 4. The van der Waals surface area contributed by atoms with E-state index in [2.05, 4.69) is 47.6 Å². The lowest BCUT2D eigenvalue weighted by Gasteiger charge is -2.49. The van der Waals surface area contributed by atoms with E-state index in [1.165, 1.54) is 25.5 Å². The number of carbonyl (C=O) groups is 9. The zero-order chi connectivity index (χ0) is 68.4. The molecule has 2 heterocycles. The highest BCUT2D eigenvalue weighted by Gasteiger charge is 2.55. The van der Waals surface area contributed by atoms with E-state index in [1.54, 1.807) is 6.92 Å². The molecule has 0 saturated carbocycles. The fourth-order valence-corrected chi connectivity index (χ4v) is 10.9. The van der Waals surface area contributed by atoms with E-state index >= 15 is 0 Å². The molecule has 2 fully saturated rings. The van der Waals surface area contributed by atoms with Crippen molar-refractivity contribution < 1.29 is 125 Å². The largest absolute Gasteiger partial charge is 0.483 e. The highest BCUT2D eigenvalue weighted by atomic mass is 31.3. The molecule has 2 saturated heterocycles. The number of hydrogen-bond acceptors (Lipinski definition) is 23. The minimum absolute atomic E-state index is 0.0211. The summed E-state index contributed by atoms with van der Waals surface area (Å²) in [6.07, 6.45) is -9.27. The molecule has 34 nitrogen and oxygen atoms in total. The molecule has 90 heavy (non-hydrogen) atoms. The normalized spacial score (nSPS) is 25.4. The topological polar surface area (TPSA) is 524 Å². The van der Waals surface area contributed by atoms with Crippen LogP contribution < -0.4 is 43.0 Å². The van der Waals surface area contributed by atoms with Crippen molar-refractivity contribution >= 4 is 68.9 Å². The van der Waals surface area contributed by atoms with Gasteiger partial charge >= 0.3 is 27.6 Å². The minimum Gasteiger partial charge on any atom is -0.480 e. The fourth-order valence-electron chi connectivity index (χ4n) is 8.84. The van der Waals surface area contributed by atoms with Crippen LogP contribution in [0.3, 0.4) is 0 Å². The molecule has 0 aromatic heterocycles. The lowest BCUT2D eigenvalue weighted by atomic mass is 9.94. The Balaban J connectivity index is 2.44. The number of amides is 7. The molecular weight excluding hydrogens is 1240 g/mol. The second kappa shape index (κ2) is 39.0. The van der Waals surface area contributed by atoms with Gasteiger partial charge in [0.2, 0.25) is 41.4 Å². The van der Waals surface area contributed by atoms with Crippen LogP contribution >= 0.6 is 15.6 Å². The van der Waals surface area contributed by atoms with E-state index in [9.17, 15) is 87.6 Å². The van der Waals surface area contributed by atoms with Gasteiger partial charge in [0.05, 0.1) is 19.8 Å². The van der Waals surface area contributed by atoms with Gasteiger partial charge in [0, 0.05) is 20.3 Å². The van der Waals surface area contributed by atoms with Crippen LogP contribution in [0.1, 0.15) is 127 Å². The molecule has 17 N–H and O–H groups in total. The Hall–Kier alpha value is -5.65. The molecule has 36 heteroatoms. The number of allylic oxidation sites excluding steroid dienone is 5. The van der Waals surface area contributed by atoms with Gasteiger partial charge < -0.3 is 102 Å². The summed E-state index contributed by atoms with van der Waals surface area (Å²) in [7, 11) is -11.4. The summed E-state index contributed by atoms with van der Waals surface area (Å²) in [6.45, 7) is 11.9. The second-order valence-corrected chi connectivity index (χ2v) is 25.0. The van der Waals surface area contributed by atoms with Crippen molar-refractivity contribution in [2.45, 2.75) is 225 Å². The molecule has 514 valence electrons. The highest BCUT2D eigenvalue weighted by molar-refractivity contribution is 7.61. The Kier molecular flexibility index (Phi) is 34.9. The van der Waals surface area contributed by atoms with Gasteiger partial charge in [0.1, 0.15) is 85.0 Å². The molecule has 0 spiro atoms. The highest BCUT2D eigenvalue weighted by Crippen LogP contribution is 2.61. The first-order valence-electron chi connectivity index (χ1n) is 29.0. The van der Waals surface area contributed by atoms with Gasteiger partial charge in [-0.25, -0.2) is 13.9 Å². The van der Waals surface area contributed by atoms with Crippen LogP contribution in [0.4, 0.5) is 0 Å². The number of carboxylic acid groups (broad SMARTS) is 2. The SMILES string of the molecule is CC(=O)N[C@H]1[C@H](O[C@H]2[C@H](O[C@H](C)C(=O)N[C@@H](C)C(=O)N[C@H](CCC(=O)N[C@@H](CCCCN)C(=O)N[C@H](C)C(=O)N[C@H](C)C(=O)O)C(=O)O)[C@@H](NC(C)=O)[C@@H](OP(=O)(O)OP(=O)(O)OC/C=C(\C)CC/C=C(\C)CCC=C(C)C)O[C@@H]2CO)O[C@H](CO)[C@@H](O)[C@@H]1O. The quantitative estimate of drug-likeness (QED) is 0.0190. The second-order valence-electron chi connectivity index (χ2n) is 22.0.